The number of hydrogen-bond donors (Lipinski definition) is 0. The Kier molecular flexibility index (Phi) is 5.01. The van der Waals surface area contributed by atoms with Crippen LogP contribution in [-0.2, 0) is 6.54 Å². The van der Waals surface area contributed by atoms with Gasteiger partial charge in [0.25, 0.3) is 5.91 Å². The zero-order valence-corrected chi connectivity index (χ0v) is 17.1. The van der Waals surface area contributed by atoms with Crippen LogP contribution in [0.15, 0.2) is 48.7 Å². The van der Waals surface area contributed by atoms with E-state index in [1.54, 1.807) is 6.20 Å². The zero-order valence-electron chi connectivity index (χ0n) is 17.1. The molecule has 6 nitrogen and oxygen atoms in total. The molecule has 3 aromatic rings. The van der Waals surface area contributed by atoms with Gasteiger partial charge in [-0.15, -0.1) is 0 Å². The molecule has 2 aliphatic heterocycles. The van der Waals surface area contributed by atoms with Crippen LogP contribution in [0.25, 0.3) is 10.9 Å². The van der Waals surface area contributed by atoms with Gasteiger partial charge in [0, 0.05) is 44.3 Å². The van der Waals surface area contributed by atoms with Crippen LogP contribution in [0.3, 0.4) is 0 Å². The topological polar surface area (TPSA) is 54.9 Å². The predicted octanol–water partition coefficient (Wildman–Crippen LogP) is 3.27. The van der Waals surface area contributed by atoms with Gasteiger partial charge in [-0.3, -0.25) is 14.7 Å². The Morgan fingerprint density at radius 1 is 0.967 bits per heavy atom. The van der Waals surface area contributed by atoms with Crippen molar-refractivity contribution < 1.29 is 14.3 Å². The molecule has 154 valence electrons. The Bertz CT molecular complexity index is 1090. The molecule has 0 spiro atoms. The maximum Gasteiger partial charge on any atom is 0.254 e. The largest absolute Gasteiger partial charge is 0.486 e. The molecule has 0 saturated carbocycles. The average Bonchev–Trinajstić information content (AvgIpc) is 2.78. The van der Waals surface area contributed by atoms with Crippen molar-refractivity contribution in [2.24, 2.45) is 0 Å². The second-order valence-corrected chi connectivity index (χ2v) is 7.93. The minimum Gasteiger partial charge on any atom is -0.486 e. The van der Waals surface area contributed by atoms with Gasteiger partial charge < -0.3 is 14.4 Å². The van der Waals surface area contributed by atoms with Gasteiger partial charge >= 0.3 is 0 Å². The van der Waals surface area contributed by atoms with Crippen molar-refractivity contribution in [1.82, 2.24) is 14.8 Å². The number of nitrogens with zero attached hydrogens (tertiary/aromatic N) is 3. The van der Waals surface area contributed by atoms with Gasteiger partial charge in [-0.2, -0.15) is 0 Å². The smallest absolute Gasteiger partial charge is 0.254 e. The molecule has 1 aromatic heterocycles. The second kappa shape index (κ2) is 7.95. The van der Waals surface area contributed by atoms with Crippen molar-refractivity contribution in [1.29, 1.82) is 0 Å². The Morgan fingerprint density at radius 2 is 1.77 bits per heavy atom. The first-order valence-corrected chi connectivity index (χ1v) is 10.4. The summed E-state index contributed by atoms with van der Waals surface area (Å²) in [5.41, 5.74) is 3.96. The Morgan fingerprint density at radius 3 is 2.60 bits per heavy atom. The summed E-state index contributed by atoms with van der Waals surface area (Å²) in [5.74, 6) is 1.73. The van der Waals surface area contributed by atoms with Crippen LogP contribution in [-0.4, -0.2) is 60.1 Å². The van der Waals surface area contributed by atoms with Crippen LogP contribution < -0.4 is 9.47 Å². The fourth-order valence-corrected chi connectivity index (χ4v) is 4.17. The van der Waals surface area contributed by atoms with Crippen molar-refractivity contribution in [2.75, 3.05) is 39.4 Å². The Labute approximate surface area is 176 Å². The molecule has 0 aliphatic carbocycles. The Hall–Kier alpha value is -3.12. The van der Waals surface area contributed by atoms with Gasteiger partial charge in [-0.05, 0) is 42.3 Å². The standard InChI is InChI=1S/C24H25N3O3/c1-17-2-4-19-20(6-7-25-21(19)14-17)24(28)27-10-8-26(9-11-27)16-18-3-5-22-23(15-18)30-13-12-29-22/h2-7,14-15H,8-13,16H2,1H3. The minimum absolute atomic E-state index is 0.0882. The van der Waals surface area contributed by atoms with Crippen LogP contribution in [0.2, 0.25) is 0 Å². The van der Waals surface area contributed by atoms with Crippen LogP contribution in [0.1, 0.15) is 21.5 Å². The highest BCUT2D eigenvalue weighted by Gasteiger charge is 2.24. The number of aryl methyl sites for hydroxylation is 1. The van der Waals surface area contributed by atoms with E-state index in [-0.39, 0.29) is 5.91 Å². The first-order valence-electron chi connectivity index (χ1n) is 10.4. The van der Waals surface area contributed by atoms with E-state index >= 15 is 0 Å². The lowest BCUT2D eigenvalue weighted by Crippen LogP contribution is -2.48. The average molecular weight is 403 g/mol. The lowest BCUT2D eigenvalue weighted by Gasteiger charge is -2.35. The summed E-state index contributed by atoms with van der Waals surface area (Å²) in [7, 11) is 0. The number of benzene rings is 2. The van der Waals surface area contributed by atoms with E-state index in [1.165, 1.54) is 5.56 Å². The lowest BCUT2D eigenvalue weighted by atomic mass is 10.1. The van der Waals surface area contributed by atoms with Crippen LogP contribution >= 0.6 is 0 Å². The van der Waals surface area contributed by atoms with E-state index in [1.807, 2.05) is 42.2 Å². The van der Waals surface area contributed by atoms with Crippen molar-refractivity contribution >= 4 is 16.8 Å². The molecule has 0 unspecified atom stereocenters. The summed E-state index contributed by atoms with van der Waals surface area (Å²) in [6, 6.07) is 14.0. The normalized spacial score (nSPS) is 16.6. The van der Waals surface area contributed by atoms with Gasteiger partial charge in [0.1, 0.15) is 13.2 Å². The van der Waals surface area contributed by atoms with E-state index < -0.39 is 0 Å². The number of pyridine rings is 1. The number of aromatic nitrogens is 1. The quantitative estimate of drug-likeness (QED) is 0.672. The van der Waals surface area contributed by atoms with E-state index in [0.717, 1.165) is 66.3 Å². The molecule has 0 radical (unpaired) electrons. The number of ether oxygens (including phenoxy) is 2. The van der Waals surface area contributed by atoms with Crippen molar-refractivity contribution in [3.05, 3.63) is 65.4 Å². The summed E-state index contributed by atoms with van der Waals surface area (Å²) in [4.78, 5) is 21.9. The molecule has 2 aliphatic rings. The molecule has 6 heteroatoms. The minimum atomic E-state index is 0.0882. The Balaban J connectivity index is 1.24. The van der Waals surface area contributed by atoms with Crippen LogP contribution in [0, 0.1) is 6.92 Å². The first-order chi connectivity index (χ1) is 14.7. The number of amides is 1. The molecule has 30 heavy (non-hydrogen) atoms. The van der Waals surface area contributed by atoms with Gasteiger partial charge in [0.05, 0.1) is 11.1 Å². The summed E-state index contributed by atoms with van der Waals surface area (Å²) in [6.45, 7) is 7.23. The van der Waals surface area contributed by atoms with Crippen molar-refractivity contribution in [2.45, 2.75) is 13.5 Å². The number of carbonyl (C=O) groups is 1. The molecule has 1 amide bonds. The number of piperazine rings is 1. The summed E-state index contributed by atoms with van der Waals surface area (Å²) in [5, 5.41) is 0.923. The molecule has 5 rings (SSSR count). The lowest BCUT2D eigenvalue weighted by molar-refractivity contribution is 0.0630. The first kappa shape index (κ1) is 18.9. The molecule has 1 fully saturated rings. The van der Waals surface area contributed by atoms with E-state index in [0.29, 0.717) is 13.2 Å². The third kappa shape index (κ3) is 3.71. The maximum absolute atomic E-state index is 13.2. The van der Waals surface area contributed by atoms with Gasteiger partial charge in [0.15, 0.2) is 11.5 Å². The summed E-state index contributed by atoms with van der Waals surface area (Å²) in [6.07, 6.45) is 1.73. The number of fused-ring (bicyclic) bond motifs is 2. The molecule has 0 bridgehead atoms. The van der Waals surface area contributed by atoms with E-state index in [9.17, 15) is 4.79 Å². The third-order valence-electron chi connectivity index (χ3n) is 5.80. The monoisotopic (exact) mass is 403 g/mol. The zero-order chi connectivity index (χ0) is 20.5. The van der Waals surface area contributed by atoms with Crippen LogP contribution in [0.5, 0.6) is 11.5 Å². The van der Waals surface area contributed by atoms with Gasteiger partial charge in [-0.25, -0.2) is 0 Å². The number of hydrogen-bond acceptors (Lipinski definition) is 5. The fraction of sp³-hybridized carbons (Fsp3) is 0.333. The van der Waals surface area contributed by atoms with E-state index in [2.05, 4.69) is 22.0 Å². The van der Waals surface area contributed by atoms with Crippen LogP contribution in [0.4, 0.5) is 0 Å². The summed E-state index contributed by atoms with van der Waals surface area (Å²) >= 11 is 0. The number of rotatable bonds is 3. The third-order valence-corrected chi connectivity index (χ3v) is 5.80. The van der Waals surface area contributed by atoms with Gasteiger partial charge in [-0.1, -0.05) is 18.2 Å². The van der Waals surface area contributed by atoms with Crippen molar-refractivity contribution in [3.8, 4) is 11.5 Å². The highest BCUT2D eigenvalue weighted by molar-refractivity contribution is 6.06. The molecule has 3 heterocycles. The number of carbonyl (C=O) groups excluding carboxylic acids is 1. The molecular weight excluding hydrogens is 378 g/mol. The molecule has 2 aromatic carbocycles. The fourth-order valence-electron chi connectivity index (χ4n) is 4.17. The predicted molar refractivity (Wildman–Crippen MR) is 115 cm³/mol. The highest BCUT2D eigenvalue weighted by Crippen LogP contribution is 2.31. The molecule has 0 N–H and O–H groups in total. The molecular formula is C24H25N3O3. The van der Waals surface area contributed by atoms with E-state index in [4.69, 9.17) is 9.47 Å². The second-order valence-electron chi connectivity index (χ2n) is 7.93. The SMILES string of the molecule is Cc1ccc2c(C(=O)N3CCN(Cc4ccc5c(c4)OCCO5)CC3)ccnc2c1. The summed E-state index contributed by atoms with van der Waals surface area (Å²) < 4.78 is 11.3. The van der Waals surface area contributed by atoms with Gasteiger partial charge in [0.2, 0.25) is 0 Å². The maximum atomic E-state index is 13.2. The highest BCUT2D eigenvalue weighted by atomic mass is 16.6. The van der Waals surface area contributed by atoms with Crippen molar-refractivity contribution in [3.63, 3.8) is 0 Å². The molecule has 1 saturated heterocycles. The molecule has 0 atom stereocenters.